The van der Waals surface area contributed by atoms with Gasteiger partial charge in [0.15, 0.2) is 0 Å². The first-order valence-corrected chi connectivity index (χ1v) is 31.8. The van der Waals surface area contributed by atoms with Crippen LogP contribution in [0.5, 0.6) is 0 Å². The Bertz CT molecular complexity index is 4990. The largest absolute Gasteiger partial charge is 0.455 e. The van der Waals surface area contributed by atoms with Crippen LogP contribution in [0.3, 0.4) is 0 Å². The average molecular weight is 1160 g/mol. The molecule has 89 heavy (non-hydrogen) atoms. The molecule has 4 heterocycles. The van der Waals surface area contributed by atoms with E-state index >= 15 is 0 Å². The van der Waals surface area contributed by atoms with E-state index in [1.54, 1.807) is 0 Å². The summed E-state index contributed by atoms with van der Waals surface area (Å²) >= 11 is 0. The first-order chi connectivity index (χ1) is 42.6. The van der Waals surface area contributed by atoms with Crippen LogP contribution in [-0.4, -0.2) is 11.3 Å². The molecule has 13 aromatic rings. The number of hydrogen-bond donors (Lipinski definition) is 0. The third-order valence-corrected chi connectivity index (χ3v) is 19.3. The van der Waals surface area contributed by atoms with Crippen molar-refractivity contribution >= 4 is 118 Å². The molecule has 2 aliphatic rings. The standard InChI is InChI=1S/C83H77BN4O/c1-50-41-74-78-75(42-50)88(62-45-51(2)77(52(3)46-62)67-28-22-27-66-65-26-19-21-30-76(65)89-80(66)67)71-40-33-56(82(9,10)11)47-69(71)84(78)68-39-37-61(49-73(68)87(74)59-34-31-55(32-35-59)81(6,7)8)85(79-53(4)43-57(44-54(79)5)83(12,13)14)60-36-38-64-63-25-18-20-29-70(63)86(72(64)48-60)58-23-16-15-17-24-58/h15-49H,1-14H3. The van der Waals surface area contributed by atoms with Gasteiger partial charge in [-0.15, -0.1) is 0 Å². The van der Waals surface area contributed by atoms with Gasteiger partial charge in [-0.3, -0.25) is 0 Å². The third-order valence-electron chi connectivity index (χ3n) is 19.3. The minimum Gasteiger partial charge on any atom is -0.455 e. The topological polar surface area (TPSA) is 27.8 Å². The van der Waals surface area contributed by atoms with Crippen molar-refractivity contribution in [1.82, 2.24) is 4.57 Å². The van der Waals surface area contributed by atoms with Gasteiger partial charge in [0, 0.05) is 78.3 Å². The van der Waals surface area contributed by atoms with Crippen molar-refractivity contribution in [2.24, 2.45) is 0 Å². The van der Waals surface area contributed by atoms with E-state index in [4.69, 9.17) is 4.42 Å². The highest BCUT2D eigenvalue weighted by Gasteiger charge is 2.45. The number of furan rings is 1. The monoisotopic (exact) mass is 1160 g/mol. The molecule has 15 rings (SSSR count). The number of fused-ring (bicyclic) bond motifs is 10. The Labute approximate surface area is 525 Å². The lowest BCUT2D eigenvalue weighted by Gasteiger charge is -2.45. The van der Waals surface area contributed by atoms with Gasteiger partial charge < -0.3 is 23.7 Å². The summed E-state index contributed by atoms with van der Waals surface area (Å²) in [6.07, 6.45) is 0. The quantitative estimate of drug-likeness (QED) is 0.149. The lowest BCUT2D eigenvalue weighted by molar-refractivity contribution is 0.589. The second-order valence-corrected chi connectivity index (χ2v) is 28.6. The summed E-state index contributed by atoms with van der Waals surface area (Å²) < 4.78 is 9.14. The van der Waals surface area contributed by atoms with Crippen molar-refractivity contribution in [3.8, 4) is 16.8 Å². The molecule has 0 amide bonds. The van der Waals surface area contributed by atoms with Crippen LogP contribution in [0.1, 0.15) is 107 Å². The second kappa shape index (κ2) is 20.3. The van der Waals surface area contributed by atoms with Crippen molar-refractivity contribution in [3.05, 3.63) is 257 Å². The summed E-state index contributed by atoms with van der Waals surface area (Å²) in [5, 5.41) is 4.74. The number of aromatic nitrogens is 1. The van der Waals surface area contributed by atoms with Gasteiger partial charge >= 0.3 is 0 Å². The Kier molecular flexibility index (Phi) is 12.8. The van der Waals surface area contributed by atoms with Gasteiger partial charge in [-0.05, 0) is 208 Å². The van der Waals surface area contributed by atoms with Gasteiger partial charge in [-0.25, -0.2) is 0 Å². The third kappa shape index (κ3) is 9.03. The molecule has 0 radical (unpaired) electrons. The van der Waals surface area contributed by atoms with Crippen molar-refractivity contribution in [2.75, 3.05) is 14.7 Å². The highest BCUT2D eigenvalue weighted by molar-refractivity contribution is 7.00. The van der Waals surface area contributed by atoms with E-state index in [1.165, 1.54) is 117 Å². The van der Waals surface area contributed by atoms with Gasteiger partial charge in [0.1, 0.15) is 11.2 Å². The van der Waals surface area contributed by atoms with E-state index < -0.39 is 0 Å². The smallest absolute Gasteiger partial charge is 0.252 e. The fourth-order valence-corrected chi connectivity index (χ4v) is 14.9. The van der Waals surface area contributed by atoms with Crippen molar-refractivity contribution in [2.45, 2.75) is 113 Å². The number of benzene rings is 11. The molecule has 0 aliphatic carbocycles. The van der Waals surface area contributed by atoms with Crippen molar-refractivity contribution in [1.29, 1.82) is 0 Å². The molecule has 0 saturated carbocycles. The maximum atomic E-state index is 6.70. The summed E-state index contributed by atoms with van der Waals surface area (Å²) in [6, 6.07) is 80.5. The van der Waals surface area contributed by atoms with E-state index in [-0.39, 0.29) is 23.0 Å². The van der Waals surface area contributed by atoms with E-state index in [0.717, 1.165) is 55.9 Å². The molecule has 2 aromatic heterocycles. The van der Waals surface area contributed by atoms with Gasteiger partial charge in [-0.1, -0.05) is 184 Å². The van der Waals surface area contributed by atoms with Crippen LogP contribution in [-0.2, 0) is 16.2 Å². The first-order valence-electron chi connectivity index (χ1n) is 31.8. The van der Waals surface area contributed by atoms with Crippen molar-refractivity contribution in [3.63, 3.8) is 0 Å². The second-order valence-electron chi connectivity index (χ2n) is 28.6. The molecule has 0 spiro atoms. The summed E-state index contributed by atoms with van der Waals surface area (Å²) in [6.45, 7) is 32.3. The fraction of sp³-hybridized carbons (Fsp3) is 0.205. The van der Waals surface area contributed by atoms with Crippen LogP contribution in [0.2, 0.25) is 0 Å². The molecule has 0 fully saturated rings. The normalized spacial score (nSPS) is 13.2. The Morgan fingerprint density at radius 1 is 0.382 bits per heavy atom. The lowest BCUT2D eigenvalue weighted by Crippen LogP contribution is -2.61. The van der Waals surface area contributed by atoms with Crippen molar-refractivity contribution < 1.29 is 4.42 Å². The van der Waals surface area contributed by atoms with Crippen LogP contribution in [0.4, 0.5) is 51.2 Å². The highest BCUT2D eigenvalue weighted by atomic mass is 16.3. The van der Waals surface area contributed by atoms with E-state index in [1.807, 2.05) is 0 Å². The Morgan fingerprint density at radius 3 is 1.65 bits per heavy atom. The molecule has 2 aliphatic heterocycles. The Morgan fingerprint density at radius 2 is 0.966 bits per heavy atom. The van der Waals surface area contributed by atoms with Gasteiger partial charge in [-0.2, -0.15) is 0 Å². The van der Waals surface area contributed by atoms with Crippen LogP contribution in [0.25, 0.3) is 60.6 Å². The maximum absolute atomic E-state index is 6.70. The summed E-state index contributed by atoms with van der Waals surface area (Å²) in [5.74, 6) is 0. The molecule has 0 saturated heterocycles. The average Bonchev–Trinajstić information content (AvgIpc) is 1.40. The number of rotatable bonds is 7. The highest BCUT2D eigenvalue weighted by Crippen LogP contribution is 2.50. The number of hydrogen-bond acceptors (Lipinski definition) is 4. The van der Waals surface area contributed by atoms with Crippen LogP contribution in [0.15, 0.2) is 217 Å². The van der Waals surface area contributed by atoms with Gasteiger partial charge in [0.05, 0.1) is 16.7 Å². The summed E-state index contributed by atoms with van der Waals surface area (Å²) in [4.78, 5) is 7.73. The maximum Gasteiger partial charge on any atom is 0.252 e. The molecular formula is C83H77BN4O. The number of nitrogens with zero attached hydrogens (tertiary/aromatic N) is 4. The molecule has 0 unspecified atom stereocenters. The van der Waals surface area contributed by atoms with Crippen LogP contribution in [0, 0.1) is 34.6 Å². The van der Waals surface area contributed by atoms with E-state index in [9.17, 15) is 0 Å². The molecular weight excluding hydrogens is 1080 g/mol. The molecule has 0 bridgehead atoms. The van der Waals surface area contributed by atoms with Crippen LogP contribution >= 0.6 is 0 Å². The molecule has 11 aromatic carbocycles. The van der Waals surface area contributed by atoms with Gasteiger partial charge in [0.2, 0.25) is 0 Å². The number of aryl methyl sites for hydroxylation is 5. The number of anilines is 9. The van der Waals surface area contributed by atoms with Gasteiger partial charge in [0.25, 0.3) is 6.71 Å². The van der Waals surface area contributed by atoms with E-state index in [0.29, 0.717) is 0 Å². The minimum absolute atomic E-state index is 0.0233. The predicted molar refractivity (Wildman–Crippen MR) is 382 cm³/mol. The predicted octanol–water partition coefficient (Wildman–Crippen LogP) is 21.3. The molecule has 438 valence electrons. The molecule has 5 nitrogen and oxygen atoms in total. The Hall–Kier alpha value is -9.52. The van der Waals surface area contributed by atoms with E-state index in [2.05, 4.69) is 329 Å². The lowest BCUT2D eigenvalue weighted by atomic mass is 9.33. The summed E-state index contributed by atoms with van der Waals surface area (Å²) in [7, 11) is 0. The first kappa shape index (κ1) is 56.0. The molecule has 6 heteroatoms. The zero-order chi connectivity index (χ0) is 61.7. The zero-order valence-corrected chi connectivity index (χ0v) is 54.0. The fourth-order valence-electron chi connectivity index (χ4n) is 14.9. The zero-order valence-electron chi connectivity index (χ0n) is 54.0. The molecule has 0 atom stereocenters. The summed E-state index contributed by atoms with van der Waals surface area (Å²) in [5.41, 5.74) is 31.8. The molecule has 0 N–H and O–H groups in total. The SMILES string of the molecule is Cc1cc2c3c(c1)N(c1ccc(C(C)(C)C)cc1)c1cc(N(c4ccc5c6ccccc6n(-c6ccccc6)c5c4)c4c(C)cc(C(C)(C)C)cc4C)ccc1B3c1cc(C(C)(C)C)ccc1N2c1cc(C)c(-c2cccc3c2oc2ccccc23)c(C)c1. The Balaban J connectivity index is 0.981. The number of para-hydroxylation sites is 4. The van der Waals surface area contributed by atoms with Crippen LogP contribution < -0.4 is 31.1 Å². The minimum atomic E-state index is -0.100.